The molecule has 0 aromatic heterocycles. The van der Waals surface area contributed by atoms with Gasteiger partial charge in [-0.25, -0.2) is 4.79 Å². The molecule has 1 atom stereocenters. The molecule has 0 saturated heterocycles. The minimum absolute atomic E-state index is 0.322. The van der Waals surface area contributed by atoms with Crippen LogP contribution >= 0.6 is 0 Å². The van der Waals surface area contributed by atoms with Gasteiger partial charge in [0.1, 0.15) is 0 Å². The van der Waals surface area contributed by atoms with Crippen molar-refractivity contribution >= 4 is 5.97 Å². The molecule has 70 valence electrons. The summed E-state index contributed by atoms with van der Waals surface area (Å²) < 4.78 is 8.96. The number of rotatable bonds is 6. The number of carbonyl (C=O) groups is 1. The molecular weight excluding hydrogens is 160 g/mol. The fourth-order valence-corrected chi connectivity index (χ4v) is 0.591. The molecule has 0 heterocycles. The third-order valence-electron chi connectivity index (χ3n) is 1.23. The lowest BCUT2D eigenvalue weighted by atomic mass is 10.3. The van der Waals surface area contributed by atoms with Crippen LogP contribution in [0.5, 0.6) is 0 Å². The Hall–Kier alpha value is -0.870. The second-order valence-corrected chi connectivity index (χ2v) is 2.18. The molecular formula is C8H14O4. The van der Waals surface area contributed by atoms with Gasteiger partial charge in [0, 0.05) is 0 Å². The Bertz CT molecular complexity index is 144. The van der Waals surface area contributed by atoms with E-state index in [1.807, 2.05) is 0 Å². The van der Waals surface area contributed by atoms with Crippen molar-refractivity contribution in [2.75, 3.05) is 13.7 Å². The van der Waals surface area contributed by atoms with Crippen LogP contribution < -0.4 is 0 Å². The SMILES string of the molecule is C=CCCCO[C@@H](O)C(=O)OC. The Balaban J connectivity index is 3.36. The quantitative estimate of drug-likeness (QED) is 0.275. The van der Waals surface area contributed by atoms with Crippen LogP contribution in [-0.4, -0.2) is 31.1 Å². The van der Waals surface area contributed by atoms with Gasteiger partial charge >= 0.3 is 5.97 Å². The molecule has 4 nitrogen and oxygen atoms in total. The summed E-state index contributed by atoms with van der Waals surface area (Å²) in [6.45, 7) is 3.84. The van der Waals surface area contributed by atoms with Crippen molar-refractivity contribution in [3.8, 4) is 0 Å². The molecule has 0 fully saturated rings. The Morgan fingerprint density at radius 2 is 2.42 bits per heavy atom. The molecule has 0 aromatic carbocycles. The van der Waals surface area contributed by atoms with Gasteiger partial charge in [0.2, 0.25) is 0 Å². The topological polar surface area (TPSA) is 55.8 Å². The van der Waals surface area contributed by atoms with Gasteiger partial charge < -0.3 is 14.6 Å². The molecule has 0 spiro atoms. The third-order valence-corrected chi connectivity index (χ3v) is 1.23. The summed E-state index contributed by atoms with van der Waals surface area (Å²) in [4.78, 5) is 10.6. The molecule has 0 aliphatic rings. The van der Waals surface area contributed by atoms with Gasteiger partial charge in [0.05, 0.1) is 13.7 Å². The second kappa shape index (κ2) is 6.82. The van der Waals surface area contributed by atoms with E-state index in [4.69, 9.17) is 9.84 Å². The van der Waals surface area contributed by atoms with Crippen molar-refractivity contribution in [2.45, 2.75) is 19.1 Å². The molecule has 0 bridgehead atoms. The molecule has 12 heavy (non-hydrogen) atoms. The average Bonchev–Trinajstić information content (AvgIpc) is 2.10. The maximum atomic E-state index is 10.6. The van der Waals surface area contributed by atoms with Crippen molar-refractivity contribution in [1.82, 2.24) is 0 Å². The highest BCUT2D eigenvalue weighted by molar-refractivity contribution is 5.72. The van der Waals surface area contributed by atoms with E-state index in [0.717, 1.165) is 12.8 Å². The maximum Gasteiger partial charge on any atom is 0.363 e. The molecule has 0 aliphatic carbocycles. The molecule has 0 saturated carbocycles. The zero-order chi connectivity index (χ0) is 9.40. The van der Waals surface area contributed by atoms with Gasteiger partial charge in [-0.2, -0.15) is 0 Å². The standard InChI is InChI=1S/C8H14O4/c1-3-4-5-6-12-8(10)7(9)11-2/h3,8,10H,1,4-6H2,2H3/t8-/m1/s1. The van der Waals surface area contributed by atoms with E-state index in [9.17, 15) is 4.79 Å². The highest BCUT2D eigenvalue weighted by Crippen LogP contribution is 1.95. The molecule has 0 radical (unpaired) electrons. The van der Waals surface area contributed by atoms with Gasteiger partial charge in [-0.05, 0) is 12.8 Å². The smallest absolute Gasteiger partial charge is 0.363 e. The first-order valence-corrected chi connectivity index (χ1v) is 3.70. The van der Waals surface area contributed by atoms with Crippen LogP contribution in [-0.2, 0) is 14.3 Å². The van der Waals surface area contributed by atoms with Gasteiger partial charge in [0.25, 0.3) is 6.29 Å². The van der Waals surface area contributed by atoms with Crippen molar-refractivity contribution in [3.05, 3.63) is 12.7 Å². The first-order chi connectivity index (χ1) is 5.72. The highest BCUT2D eigenvalue weighted by Gasteiger charge is 2.14. The molecule has 0 unspecified atom stereocenters. The van der Waals surface area contributed by atoms with E-state index >= 15 is 0 Å². The summed E-state index contributed by atoms with van der Waals surface area (Å²) in [5, 5.41) is 8.89. The zero-order valence-electron chi connectivity index (χ0n) is 7.16. The first-order valence-electron chi connectivity index (χ1n) is 3.70. The number of hydrogen-bond donors (Lipinski definition) is 1. The molecule has 0 aromatic rings. The lowest BCUT2D eigenvalue weighted by molar-refractivity contribution is -0.180. The fourth-order valence-electron chi connectivity index (χ4n) is 0.591. The lowest BCUT2D eigenvalue weighted by Crippen LogP contribution is -2.25. The van der Waals surface area contributed by atoms with E-state index < -0.39 is 12.3 Å². The number of carbonyl (C=O) groups excluding carboxylic acids is 1. The van der Waals surface area contributed by atoms with Crippen LogP contribution in [0.25, 0.3) is 0 Å². The van der Waals surface area contributed by atoms with E-state index in [-0.39, 0.29) is 0 Å². The van der Waals surface area contributed by atoms with E-state index in [2.05, 4.69) is 11.3 Å². The van der Waals surface area contributed by atoms with Crippen molar-refractivity contribution in [1.29, 1.82) is 0 Å². The Morgan fingerprint density at radius 1 is 1.75 bits per heavy atom. The number of hydrogen-bond acceptors (Lipinski definition) is 4. The Kier molecular flexibility index (Phi) is 6.32. The number of aliphatic hydroxyl groups is 1. The van der Waals surface area contributed by atoms with Crippen LogP contribution in [0.2, 0.25) is 0 Å². The number of esters is 1. The zero-order valence-corrected chi connectivity index (χ0v) is 7.16. The monoisotopic (exact) mass is 174 g/mol. The minimum Gasteiger partial charge on any atom is -0.465 e. The average molecular weight is 174 g/mol. The van der Waals surface area contributed by atoms with Crippen LogP contribution in [0, 0.1) is 0 Å². The van der Waals surface area contributed by atoms with Crippen LogP contribution in [0.4, 0.5) is 0 Å². The maximum absolute atomic E-state index is 10.6. The number of aliphatic hydroxyl groups excluding tert-OH is 1. The minimum atomic E-state index is -1.46. The predicted molar refractivity (Wildman–Crippen MR) is 43.4 cm³/mol. The van der Waals surface area contributed by atoms with Crippen molar-refractivity contribution in [2.24, 2.45) is 0 Å². The van der Waals surface area contributed by atoms with Crippen LogP contribution in [0.3, 0.4) is 0 Å². The fraction of sp³-hybridized carbons (Fsp3) is 0.625. The Labute approximate surface area is 71.8 Å². The summed E-state index contributed by atoms with van der Waals surface area (Å²) in [6, 6.07) is 0. The normalized spacial score (nSPS) is 12.2. The van der Waals surface area contributed by atoms with Crippen molar-refractivity contribution in [3.63, 3.8) is 0 Å². The second-order valence-electron chi connectivity index (χ2n) is 2.18. The number of allylic oxidation sites excluding steroid dienone is 1. The van der Waals surface area contributed by atoms with Crippen LogP contribution in [0.15, 0.2) is 12.7 Å². The molecule has 0 amide bonds. The van der Waals surface area contributed by atoms with Crippen LogP contribution in [0.1, 0.15) is 12.8 Å². The van der Waals surface area contributed by atoms with Crippen molar-refractivity contribution < 1.29 is 19.4 Å². The van der Waals surface area contributed by atoms with Gasteiger partial charge in [-0.3, -0.25) is 0 Å². The van der Waals surface area contributed by atoms with Gasteiger partial charge in [-0.1, -0.05) is 6.08 Å². The Morgan fingerprint density at radius 3 is 2.92 bits per heavy atom. The largest absolute Gasteiger partial charge is 0.465 e. The molecule has 4 heteroatoms. The molecule has 1 N–H and O–H groups in total. The highest BCUT2D eigenvalue weighted by atomic mass is 16.6. The third kappa shape index (κ3) is 4.87. The van der Waals surface area contributed by atoms with Gasteiger partial charge in [0.15, 0.2) is 0 Å². The lowest BCUT2D eigenvalue weighted by Gasteiger charge is -2.08. The number of methoxy groups -OCH3 is 1. The van der Waals surface area contributed by atoms with E-state index in [1.54, 1.807) is 6.08 Å². The summed E-state index contributed by atoms with van der Waals surface area (Å²) in [7, 11) is 1.19. The summed E-state index contributed by atoms with van der Waals surface area (Å²) in [5.74, 6) is -0.770. The predicted octanol–water partition coefficient (Wildman–Crippen LogP) is 0.461. The summed E-state index contributed by atoms with van der Waals surface area (Å²) >= 11 is 0. The number of unbranched alkanes of at least 4 members (excludes halogenated alkanes) is 1. The number of ether oxygens (including phenoxy) is 2. The first kappa shape index (κ1) is 11.1. The van der Waals surface area contributed by atoms with Gasteiger partial charge in [-0.15, -0.1) is 6.58 Å². The molecule has 0 aliphatic heterocycles. The molecule has 0 rings (SSSR count). The summed E-state index contributed by atoms with van der Waals surface area (Å²) in [6.07, 6.45) is 1.82. The van der Waals surface area contributed by atoms with E-state index in [1.165, 1.54) is 7.11 Å². The van der Waals surface area contributed by atoms with E-state index in [0.29, 0.717) is 6.61 Å². The summed E-state index contributed by atoms with van der Waals surface area (Å²) in [5.41, 5.74) is 0.